The van der Waals surface area contributed by atoms with E-state index in [9.17, 15) is 9.18 Å². The lowest BCUT2D eigenvalue weighted by molar-refractivity contribution is 0.0958. The lowest BCUT2D eigenvalue weighted by Gasteiger charge is -2.06. The van der Waals surface area contributed by atoms with Crippen molar-refractivity contribution >= 4 is 5.91 Å². The summed E-state index contributed by atoms with van der Waals surface area (Å²) in [6.07, 6.45) is 0.653. The van der Waals surface area contributed by atoms with E-state index >= 15 is 0 Å². The molecule has 0 aliphatic carbocycles. The van der Waals surface area contributed by atoms with E-state index in [0.717, 1.165) is 5.56 Å². The molecule has 3 heteroatoms. The van der Waals surface area contributed by atoms with E-state index in [4.69, 9.17) is 0 Å². The Labute approximate surface area is 76.8 Å². The number of benzene rings is 1. The Morgan fingerprint density at radius 1 is 1.54 bits per heavy atom. The molecule has 0 heterocycles. The highest BCUT2D eigenvalue weighted by Crippen LogP contribution is 2.13. The van der Waals surface area contributed by atoms with Crippen LogP contribution in [0, 0.1) is 5.82 Å². The van der Waals surface area contributed by atoms with Gasteiger partial charge in [0, 0.05) is 7.05 Å². The summed E-state index contributed by atoms with van der Waals surface area (Å²) in [5.74, 6) is -0.825. The predicted molar refractivity (Wildman–Crippen MR) is 49.2 cm³/mol. The molecule has 70 valence electrons. The van der Waals surface area contributed by atoms with Gasteiger partial charge in [0.15, 0.2) is 0 Å². The van der Waals surface area contributed by atoms with Crippen molar-refractivity contribution in [3.8, 4) is 0 Å². The molecule has 1 rings (SSSR count). The summed E-state index contributed by atoms with van der Waals surface area (Å²) in [5.41, 5.74) is 0.895. The van der Waals surface area contributed by atoms with Gasteiger partial charge >= 0.3 is 0 Å². The second-order valence-electron chi connectivity index (χ2n) is 2.71. The molecule has 0 unspecified atom stereocenters. The topological polar surface area (TPSA) is 29.1 Å². The summed E-state index contributed by atoms with van der Waals surface area (Å²) >= 11 is 0. The van der Waals surface area contributed by atoms with E-state index in [0.29, 0.717) is 6.42 Å². The van der Waals surface area contributed by atoms with E-state index in [-0.39, 0.29) is 11.5 Å². The van der Waals surface area contributed by atoms with Crippen molar-refractivity contribution in [3.63, 3.8) is 0 Å². The van der Waals surface area contributed by atoms with Gasteiger partial charge in [-0.25, -0.2) is 4.39 Å². The zero-order valence-corrected chi connectivity index (χ0v) is 7.73. The largest absolute Gasteiger partial charge is 0.355 e. The molecule has 2 nitrogen and oxygen atoms in total. The van der Waals surface area contributed by atoms with E-state index in [1.54, 1.807) is 12.1 Å². The molecule has 0 fully saturated rings. The van der Waals surface area contributed by atoms with Gasteiger partial charge in [0.1, 0.15) is 5.82 Å². The average Bonchev–Trinajstić information content (AvgIpc) is 2.16. The van der Waals surface area contributed by atoms with Gasteiger partial charge in [0.25, 0.3) is 5.91 Å². The molecule has 1 amide bonds. The van der Waals surface area contributed by atoms with Gasteiger partial charge in [-0.05, 0) is 18.1 Å². The third-order valence-electron chi connectivity index (χ3n) is 1.93. The van der Waals surface area contributed by atoms with Gasteiger partial charge in [-0.2, -0.15) is 0 Å². The first-order chi connectivity index (χ1) is 6.20. The standard InChI is InChI=1S/C10H12FNO/c1-3-7-5-4-6-8(11)9(7)10(13)12-2/h4-6H,3H2,1-2H3,(H,12,13). The fourth-order valence-electron chi connectivity index (χ4n) is 1.24. The summed E-state index contributed by atoms with van der Waals surface area (Å²) in [4.78, 5) is 11.3. The van der Waals surface area contributed by atoms with Gasteiger partial charge in [0.05, 0.1) is 5.56 Å². The lowest BCUT2D eigenvalue weighted by Crippen LogP contribution is -2.21. The molecule has 1 N–H and O–H groups in total. The summed E-state index contributed by atoms with van der Waals surface area (Å²) in [6.45, 7) is 1.89. The molecule has 0 aromatic heterocycles. The number of aryl methyl sites for hydroxylation is 1. The van der Waals surface area contributed by atoms with Gasteiger partial charge in [-0.15, -0.1) is 0 Å². The molecular weight excluding hydrogens is 169 g/mol. The van der Waals surface area contributed by atoms with Crippen LogP contribution in [0.25, 0.3) is 0 Å². The van der Waals surface area contributed by atoms with Crippen molar-refractivity contribution < 1.29 is 9.18 Å². The van der Waals surface area contributed by atoms with Crippen LogP contribution in [0.4, 0.5) is 4.39 Å². The normalized spacial score (nSPS) is 9.77. The highest BCUT2D eigenvalue weighted by Gasteiger charge is 2.13. The number of halogens is 1. The molecule has 0 aliphatic rings. The summed E-state index contributed by atoms with van der Waals surface area (Å²) in [6, 6.07) is 4.66. The molecule has 0 saturated carbocycles. The summed E-state index contributed by atoms with van der Waals surface area (Å²) in [7, 11) is 1.49. The van der Waals surface area contributed by atoms with Gasteiger partial charge in [-0.3, -0.25) is 4.79 Å². The second kappa shape index (κ2) is 4.03. The molecule has 0 saturated heterocycles. The minimum atomic E-state index is -0.460. The molecule has 0 atom stereocenters. The highest BCUT2D eigenvalue weighted by atomic mass is 19.1. The van der Waals surface area contributed by atoms with Crippen LogP contribution in [0.3, 0.4) is 0 Å². The van der Waals surface area contributed by atoms with E-state index < -0.39 is 5.82 Å². The Kier molecular flexibility index (Phi) is 3.01. The Morgan fingerprint density at radius 2 is 2.23 bits per heavy atom. The van der Waals surface area contributed by atoms with Gasteiger partial charge < -0.3 is 5.32 Å². The smallest absolute Gasteiger partial charge is 0.254 e. The Bertz CT molecular complexity index is 323. The fraction of sp³-hybridized carbons (Fsp3) is 0.300. The number of carbonyl (C=O) groups is 1. The van der Waals surface area contributed by atoms with Crippen LogP contribution < -0.4 is 5.32 Å². The first-order valence-electron chi connectivity index (χ1n) is 4.20. The first kappa shape index (κ1) is 9.71. The van der Waals surface area contributed by atoms with Gasteiger partial charge in [-0.1, -0.05) is 19.1 Å². The zero-order chi connectivity index (χ0) is 9.84. The molecule has 1 aromatic rings. The minimum absolute atomic E-state index is 0.160. The van der Waals surface area contributed by atoms with Crippen LogP contribution in [0.5, 0.6) is 0 Å². The number of hydrogen-bond donors (Lipinski definition) is 1. The summed E-state index contributed by atoms with van der Waals surface area (Å²) < 4.78 is 13.2. The maximum atomic E-state index is 13.2. The Hall–Kier alpha value is -1.38. The van der Waals surface area contributed by atoms with E-state index in [1.807, 2.05) is 6.92 Å². The lowest BCUT2D eigenvalue weighted by atomic mass is 10.0. The van der Waals surface area contributed by atoms with Crippen LogP contribution in [0.2, 0.25) is 0 Å². The first-order valence-corrected chi connectivity index (χ1v) is 4.20. The number of amides is 1. The summed E-state index contributed by atoms with van der Waals surface area (Å²) in [5, 5.41) is 2.42. The Balaban J connectivity index is 3.22. The zero-order valence-electron chi connectivity index (χ0n) is 7.73. The third kappa shape index (κ3) is 1.86. The van der Waals surface area contributed by atoms with Gasteiger partial charge in [0.2, 0.25) is 0 Å². The number of nitrogens with one attached hydrogen (secondary N) is 1. The van der Waals surface area contributed by atoms with Crippen LogP contribution in [0.1, 0.15) is 22.8 Å². The maximum Gasteiger partial charge on any atom is 0.254 e. The molecule has 13 heavy (non-hydrogen) atoms. The van der Waals surface area contributed by atoms with Crippen molar-refractivity contribution in [2.45, 2.75) is 13.3 Å². The fourth-order valence-corrected chi connectivity index (χ4v) is 1.24. The molecule has 0 radical (unpaired) electrons. The highest BCUT2D eigenvalue weighted by molar-refractivity contribution is 5.95. The number of carbonyl (C=O) groups excluding carboxylic acids is 1. The predicted octanol–water partition coefficient (Wildman–Crippen LogP) is 1.75. The minimum Gasteiger partial charge on any atom is -0.355 e. The van der Waals surface area contributed by atoms with Crippen molar-refractivity contribution in [2.24, 2.45) is 0 Å². The van der Waals surface area contributed by atoms with E-state index in [2.05, 4.69) is 5.32 Å². The molecule has 0 spiro atoms. The molecular formula is C10H12FNO. The maximum absolute atomic E-state index is 13.2. The van der Waals surface area contributed by atoms with E-state index in [1.165, 1.54) is 13.1 Å². The number of rotatable bonds is 2. The Morgan fingerprint density at radius 3 is 2.77 bits per heavy atom. The van der Waals surface area contributed by atoms with Crippen LogP contribution in [-0.4, -0.2) is 13.0 Å². The SMILES string of the molecule is CCc1cccc(F)c1C(=O)NC. The van der Waals surface area contributed by atoms with Crippen molar-refractivity contribution in [1.82, 2.24) is 5.32 Å². The number of hydrogen-bond acceptors (Lipinski definition) is 1. The van der Waals surface area contributed by atoms with Crippen LogP contribution in [-0.2, 0) is 6.42 Å². The van der Waals surface area contributed by atoms with Crippen molar-refractivity contribution in [1.29, 1.82) is 0 Å². The molecule has 0 bridgehead atoms. The van der Waals surface area contributed by atoms with Crippen molar-refractivity contribution in [2.75, 3.05) is 7.05 Å². The second-order valence-corrected chi connectivity index (χ2v) is 2.71. The molecule has 1 aromatic carbocycles. The average molecular weight is 181 g/mol. The monoisotopic (exact) mass is 181 g/mol. The van der Waals surface area contributed by atoms with Crippen molar-refractivity contribution in [3.05, 3.63) is 35.1 Å². The van der Waals surface area contributed by atoms with Crippen LogP contribution in [0.15, 0.2) is 18.2 Å². The van der Waals surface area contributed by atoms with Crippen LogP contribution >= 0.6 is 0 Å². The third-order valence-corrected chi connectivity index (χ3v) is 1.93. The molecule has 0 aliphatic heterocycles. The quantitative estimate of drug-likeness (QED) is 0.739.